The Balaban J connectivity index is 1.78. The normalized spacial score (nSPS) is 10.1. The summed E-state index contributed by atoms with van der Waals surface area (Å²) in [6.45, 7) is 0. The van der Waals surface area contributed by atoms with Crippen LogP contribution in [0.4, 0.5) is 0 Å². The molecule has 1 aromatic carbocycles. The summed E-state index contributed by atoms with van der Waals surface area (Å²) >= 11 is 0. The predicted molar refractivity (Wildman–Crippen MR) is 112 cm³/mol. The van der Waals surface area contributed by atoms with E-state index in [-0.39, 0.29) is 0 Å². The minimum Gasteiger partial charge on any atom is -0.497 e. The number of hydrogen-bond acceptors (Lipinski definition) is 6. The summed E-state index contributed by atoms with van der Waals surface area (Å²) in [6, 6.07) is 26.1. The quantitative estimate of drug-likeness (QED) is 0.505. The number of ether oxygens (including phenoxy) is 1. The van der Waals surface area contributed by atoms with E-state index < -0.39 is 0 Å². The average molecular weight is 389 g/mol. The summed E-state index contributed by atoms with van der Waals surface area (Å²) in [4.78, 5) is 13.4. The molecule has 0 aliphatic heterocycles. The van der Waals surface area contributed by atoms with Crippen molar-refractivity contribution in [2.75, 3.05) is 7.11 Å². The summed E-state index contributed by atoms with van der Waals surface area (Å²) in [5.41, 5.74) is 4.84. The maximum atomic E-state index is 9.46. The lowest BCUT2D eigenvalue weighted by molar-refractivity contribution is 0.415. The van der Waals surface area contributed by atoms with Crippen LogP contribution in [0.25, 0.3) is 33.9 Å². The van der Waals surface area contributed by atoms with Gasteiger partial charge in [-0.3, -0.25) is 0 Å². The molecule has 3 aromatic heterocycles. The number of methoxy groups -OCH3 is 1. The molecule has 142 valence electrons. The van der Waals surface area contributed by atoms with Gasteiger partial charge in [0.15, 0.2) is 0 Å². The molecule has 6 nitrogen and oxygen atoms in total. The van der Waals surface area contributed by atoms with E-state index >= 15 is 0 Å². The van der Waals surface area contributed by atoms with Crippen molar-refractivity contribution in [1.82, 2.24) is 15.0 Å². The van der Waals surface area contributed by atoms with Crippen molar-refractivity contribution in [2.45, 2.75) is 0 Å². The molecule has 0 aliphatic rings. The summed E-state index contributed by atoms with van der Waals surface area (Å²) in [5.74, 6) is 0.759. The van der Waals surface area contributed by atoms with Gasteiger partial charge in [0.1, 0.15) is 29.3 Å². The zero-order valence-corrected chi connectivity index (χ0v) is 16.1. The van der Waals surface area contributed by atoms with Gasteiger partial charge in [-0.2, -0.15) is 10.5 Å². The highest BCUT2D eigenvalue weighted by atomic mass is 16.5. The van der Waals surface area contributed by atoms with Gasteiger partial charge in [0, 0.05) is 0 Å². The first-order valence-corrected chi connectivity index (χ1v) is 9.12. The highest BCUT2D eigenvalue weighted by Crippen LogP contribution is 2.28. The van der Waals surface area contributed by atoms with Gasteiger partial charge in [-0.1, -0.05) is 24.3 Å². The van der Waals surface area contributed by atoms with Gasteiger partial charge in [-0.15, -0.1) is 0 Å². The van der Waals surface area contributed by atoms with Crippen LogP contribution in [0.15, 0.2) is 72.8 Å². The van der Waals surface area contributed by atoms with Crippen LogP contribution in [0.5, 0.6) is 5.75 Å². The molecule has 0 radical (unpaired) electrons. The van der Waals surface area contributed by atoms with Gasteiger partial charge in [0.2, 0.25) is 0 Å². The largest absolute Gasteiger partial charge is 0.497 e. The van der Waals surface area contributed by atoms with E-state index in [1.165, 1.54) is 0 Å². The fourth-order valence-corrected chi connectivity index (χ4v) is 3.03. The first-order chi connectivity index (χ1) is 14.7. The Labute approximate surface area is 173 Å². The molecule has 0 bridgehead atoms. The van der Waals surface area contributed by atoms with Crippen molar-refractivity contribution < 1.29 is 4.74 Å². The first kappa shape index (κ1) is 18.8. The van der Waals surface area contributed by atoms with E-state index in [0.717, 1.165) is 16.9 Å². The summed E-state index contributed by atoms with van der Waals surface area (Å²) in [7, 11) is 1.62. The molecule has 4 aromatic rings. The Kier molecular flexibility index (Phi) is 5.15. The van der Waals surface area contributed by atoms with Crippen molar-refractivity contribution >= 4 is 0 Å². The SMILES string of the molecule is COc1ccc(-c2cc(C#N)nc(-c3cccc(-c4cccc(C#N)n4)n3)c2)cc1. The lowest BCUT2D eigenvalue weighted by Gasteiger charge is -2.08. The van der Waals surface area contributed by atoms with Gasteiger partial charge in [0.05, 0.1) is 29.9 Å². The van der Waals surface area contributed by atoms with Crippen molar-refractivity contribution in [3.63, 3.8) is 0 Å². The predicted octanol–water partition coefficient (Wildman–Crippen LogP) is 4.62. The fraction of sp³-hybridized carbons (Fsp3) is 0.0417. The molecule has 3 heterocycles. The van der Waals surface area contributed by atoms with E-state index in [1.54, 1.807) is 31.4 Å². The van der Waals surface area contributed by atoms with Crippen molar-refractivity contribution in [3.8, 4) is 51.8 Å². The van der Waals surface area contributed by atoms with Gasteiger partial charge < -0.3 is 4.74 Å². The minimum absolute atomic E-state index is 0.301. The molecule has 0 fully saturated rings. The molecule has 0 saturated heterocycles. The Morgan fingerprint density at radius 2 is 1.23 bits per heavy atom. The molecule has 0 amide bonds. The van der Waals surface area contributed by atoms with Crippen LogP contribution in [0.3, 0.4) is 0 Å². The molecule has 0 atom stereocenters. The molecule has 0 unspecified atom stereocenters. The minimum atomic E-state index is 0.301. The monoisotopic (exact) mass is 389 g/mol. The molecule has 4 rings (SSSR count). The maximum absolute atomic E-state index is 9.46. The second-order valence-electron chi connectivity index (χ2n) is 6.39. The standard InChI is InChI=1S/C24H15N5O/c1-30-20-10-8-16(9-11-20)17-12-19(15-26)28-24(13-17)23-7-3-6-22(29-23)21-5-2-4-18(14-25)27-21/h2-13H,1H3. The smallest absolute Gasteiger partial charge is 0.141 e. The zero-order chi connectivity index (χ0) is 20.9. The van der Waals surface area contributed by atoms with E-state index in [9.17, 15) is 5.26 Å². The highest BCUT2D eigenvalue weighted by Gasteiger charge is 2.10. The first-order valence-electron chi connectivity index (χ1n) is 9.12. The van der Waals surface area contributed by atoms with Crippen LogP contribution in [-0.2, 0) is 0 Å². The van der Waals surface area contributed by atoms with E-state index in [1.807, 2.05) is 54.6 Å². The lowest BCUT2D eigenvalue weighted by atomic mass is 10.0. The maximum Gasteiger partial charge on any atom is 0.141 e. The van der Waals surface area contributed by atoms with Crippen molar-refractivity contribution in [2.24, 2.45) is 0 Å². The van der Waals surface area contributed by atoms with Crippen LogP contribution < -0.4 is 4.74 Å². The molecular weight excluding hydrogens is 374 g/mol. The Morgan fingerprint density at radius 3 is 1.90 bits per heavy atom. The molecule has 0 N–H and O–H groups in total. The van der Waals surface area contributed by atoms with Gasteiger partial charge in [-0.25, -0.2) is 15.0 Å². The van der Waals surface area contributed by atoms with E-state index in [0.29, 0.717) is 34.2 Å². The number of benzene rings is 1. The number of nitrogens with zero attached hydrogens (tertiary/aromatic N) is 5. The average Bonchev–Trinajstić information content (AvgIpc) is 2.84. The van der Waals surface area contributed by atoms with E-state index in [4.69, 9.17) is 10.00 Å². The lowest BCUT2D eigenvalue weighted by Crippen LogP contribution is -1.95. The summed E-state index contributed by atoms with van der Waals surface area (Å²) in [6.07, 6.45) is 0. The van der Waals surface area contributed by atoms with Gasteiger partial charge >= 0.3 is 0 Å². The number of rotatable bonds is 4. The number of aromatic nitrogens is 3. The molecule has 30 heavy (non-hydrogen) atoms. The third-order valence-electron chi connectivity index (χ3n) is 4.50. The topological polar surface area (TPSA) is 95.5 Å². The van der Waals surface area contributed by atoms with Crippen LogP contribution in [0.1, 0.15) is 11.4 Å². The third-order valence-corrected chi connectivity index (χ3v) is 4.50. The van der Waals surface area contributed by atoms with Crippen LogP contribution in [0, 0.1) is 22.7 Å². The number of nitriles is 2. The highest BCUT2D eigenvalue weighted by molar-refractivity contribution is 5.72. The molecule has 0 saturated carbocycles. The molecule has 0 spiro atoms. The molecule has 6 heteroatoms. The fourth-order valence-electron chi connectivity index (χ4n) is 3.03. The van der Waals surface area contributed by atoms with Crippen LogP contribution >= 0.6 is 0 Å². The third kappa shape index (κ3) is 3.84. The number of hydrogen-bond donors (Lipinski definition) is 0. The van der Waals surface area contributed by atoms with Crippen LogP contribution in [0.2, 0.25) is 0 Å². The van der Waals surface area contributed by atoms with Gasteiger partial charge in [-0.05, 0) is 59.7 Å². The van der Waals surface area contributed by atoms with Crippen LogP contribution in [-0.4, -0.2) is 22.1 Å². The zero-order valence-electron chi connectivity index (χ0n) is 16.1. The second-order valence-corrected chi connectivity index (χ2v) is 6.39. The Morgan fingerprint density at radius 1 is 0.633 bits per heavy atom. The number of pyridine rings is 3. The molecular formula is C24H15N5O. The second kappa shape index (κ2) is 8.22. The van der Waals surface area contributed by atoms with Crippen molar-refractivity contribution in [1.29, 1.82) is 10.5 Å². The Bertz CT molecular complexity index is 1300. The summed E-state index contributed by atoms with van der Waals surface area (Å²) < 4.78 is 5.21. The van der Waals surface area contributed by atoms with Crippen molar-refractivity contribution in [3.05, 3.63) is 84.2 Å². The Hall–Kier alpha value is -4.55. The summed E-state index contributed by atoms with van der Waals surface area (Å²) in [5, 5.41) is 18.5. The van der Waals surface area contributed by atoms with E-state index in [2.05, 4.69) is 21.0 Å². The van der Waals surface area contributed by atoms with Gasteiger partial charge in [0.25, 0.3) is 0 Å². The molecule has 0 aliphatic carbocycles.